The highest BCUT2D eigenvalue weighted by atomic mass is 19.1. The number of nitrogens with one attached hydrogen (secondary N) is 2. The van der Waals surface area contributed by atoms with E-state index in [2.05, 4.69) is 15.8 Å². The monoisotopic (exact) mass is 375 g/mol. The van der Waals surface area contributed by atoms with Crippen LogP contribution < -0.4 is 10.7 Å². The Morgan fingerprint density at radius 1 is 0.929 bits per heavy atom. The molecule has 0 aliphatic carbocycles. The predicted molar refractivity (Wildman–Crippen MR) is 107 cm³/mol. The number of anilines is 1. The van der Waals surface area contributed by atoms with Crippen molar-refractivity contribution < 1.29 is 14.0 Å². The van der Waals surface area contributed by atoms with E-state index in [1.54, 1.807) is 54.6 Å². The van der Waals surface area contributed by atoms with Crippen LogP contribution in [0.2, 0.25) is 0 Å². The number of hydrogen-bond donors (Lipinski definition) is 2. The summed E-state index contributed by atoms with van der Waals surface area (Å²) < 4.78 is 13.5. The fourth-order valence-corrected chi connectivity index (χ4v) is 2.57. The van der Waals surface area contributed by atoms with Crippen LogP contribution in [-0.2, 0) is 0 Å². The van der Waals surface area contributed by atoms with Crippen LogP contribution in [0.4, 0.5) is 10.1 Å². The smallest absolute Gasteiger partial charge is 0.271 e. The average Bonchev–Trinajstić information content (AvgIpc) is 2.70. The summed E-state index contributed by atoms with van der Waals surface area (Å²) in [6, 6.07) is 19.8. The number of aryl methyl sites for hydroxylation is 1. The van der Waals surface area contributed by atoms with E-state index in [4.69, 9.17) is 0 Å². The summed E-state index contributed by atoms with van der Waals surface area (Å²) in [6.45, 7) is 1.85. The Morgan fingerprint density at radius 3 is 2.46 bits per heavy atom. The first-order valence-electron chi connectivity index (χ1n) is 8.59. The van der Waals surface area contributed by atoms with Gasteiger partial charge in [0.05, 0.1) is 6.21 Å². The Labute approximate surface area is 161 Å². The lowest BCUT2D eigenvalue weighted by molar-refractivity contribution is 0.0953. The van der Waals surface area contributed by atoms with E-state index in [9.17, 15) is 14.0 Å². The van der Waals surface area contributed by atoms with Crippen molar-refractivity contribution in [1.82, 2.24) is 5.43 Å². The topological polar surface area (TPSA) is 70.6 Å². The Balaban J connectivity index is 1.67. The third-order valence-electron chi connectivity index (χ3n) is 4.05. The Hall–Kier alpha value is -3.80. The fraction of sp³-hybridized carbons (Fsp3) is 0.0455. The molecule has 0 fully saturated rings. The molecule has 0 unspecified atom stereocenters. The molecule has 0 heterocycles. The first-order valence-corrected chi connectivity index (χ1v) is 8.59. The molecule has 3 aromatic rings. The van der Waals surface area contributed by atoms with Crippen molar-refractivity contribution >= 4 is 23.7 Å². The van der Waals surface area contributed by atoms with E-state index in [0.717, 1.165) is 5.56 Å². The number of halogens is 1. The van der Waals surface area contributed by atoms with Gasteiger partial charge in [0.15, 0.2) is 0 Å². The molecular weight excluding hydrogens is 357 g/mol. The van der Waals surface area contributed by atoms with Gasteiger partial charge in [-0.05, 0) is 42.8 Å². The summed E-state index contributed by atoms with van der Waals surface area (Å²) in [5, 5.41) is 6.55. The summed E-state index contributed by atoms with van der Waals surface area (Å²) in [4.78, 5) is 24.7. The molecule has 2 amide bonds. The molecule has 3 rings (SSSR count). The second-order valence-electron chi connectivity index (χ2n) is 6.07. The summed E-state index contributed by atoms with van der Waals surface area (Å²) in [6.07, 6.45) is 1.23. The molecule has 6 heteroatoms. The van der Waals surface area contributed by atoms with Crippen LogP contribution in [0, 0.1) is 12.7 Å². The maximum Gasteiger partial charge on any atom is 0.271 e. The van der Waals surface area contributed by atoms with Crippen LogP contribution in [0.5, 0.6) is 0 Å². The molecule has 28 heavy (non-hydrogen) atoms. The standard InChI is InChI=1S/C22H18FN3O2/c1-15-7-2-4-11-19(15)22(28)25-18-10-6-9-16(13-18)21(27)26-24-14-17-8-3-5-12-20(17)23/h2-14H,1H3,(H,25,28)(H,26,27). The third-order valence-corrected chi connectivity index (χ3v) is 4.05. The molecule has 0 atom stereocenters. The molecule has 0 aliphatic rings. The highest BCUT2D eigenvalue weighted by Crippen LogP contribution is 2.14. The number of hydrazone groups is 1. The number of rotatable bonds is 5. The fourth-order valence-electron chi connectivity index (χ4n) is 2.57. The second kappa shape index (κ2) is 8.73. The molecule has 0 saturated carbocycles. The van der Waals surface area contributed by atoms with Crippen LogP contribution in [0.1, 0.15) is 31.8 Å². The summed E-state index contributed by atoms with van der Waals surface area (Å²) >= 11 is 0. The number of carbonyl (C=O) groups is 2. The van der Waals surface area contributed by atoms with Gasteiger partial charge < -0.3 is 5.32 Å². The SMILES string of the molecule is Cc1ccccc1C(=O)Nc1cccc(C(=O)NN=Cc2ccccc2F)c1. The Kier molecular flexibility index (Phi) is 5.91. The van der Waals surface area contributed by atoms with Gasteiger partial charge in [-0.3, -0.25) is 9.59 Å². The van der Waals surface area contributed by atoms with Gasteiger partial charge in [-0.15, -0.1) is 0 Å². The zero-order valence-corrected chi connectivity index (χ0v) is 15.1. The zero-order chi connectivity index (χ0) is 19.9. The Morgan fingerprint density at radius 2 is 1.68 bits per heavy atom. The molecule has 2 N–H and O–H groups in total. The average molecular weight is 375 g/mol. The lowest BCUT2D eigenvalue weighted by Crippen LogP contribution is -2.18. The van der Waals surface area contributed by atoms with Gasteiger partial charge in [0.25, 0.3) is 11.8 Å². The van der Waals surface area contributed by atoms with E-state index < -0.39 is 11.7 Å². The summed E-state index contributed by atoms with van der Waals surface area (Å²) in [5.74, 6) is -1.16. The van der Waals surface area contributed by atoms with Crippen molar-refractivity contribution in [2.24, 2.45) is 5.10 Å². The molecule has 3 aromatic carbocycles. The first kappa shape index (κ1) is 19.0. The van der Waals surface area contributed by atoms with Crippen molar-refractivity contribution in [3.63, 3.8) is 0 Å². The third kappa shape index (κ3) is 4.67. The van der Waals surface area contributed by atoms with Gasteiger partial charge in [-0.1, -0.05) is 42.5 Å². The highest BCUT2D eigenvalue weighted by Gasteiger charge is 2.10. The van der Waals surface area contributed by atoms with Crippen LogP contribution in [0.15, 0.2) is 77.9 Å². The van der Waals surface area contributed by atoms with Crippen molar-refractivity contribution in [2.75, 3.05) is 5.32 Å². The van der Waals surface area contributed by atoms with E-state index in [-0.39, 0.29) is 11.5 Å². The lowest BCUT2D eigenvalue weighted by Gasteiger charge is -2.08. The number of nitrogens with zero attached hydrogens (tertiary/aromatic N) is 1. The number of amides is 2. The molecule has 140 valence electrons. The molecule has 0 bridgehead atoms. The quantitative estimate of drug-likeness (QED) is 0.519. The van der Waals surface area contributed by atoms with E-state index in [0.29, 0.717) is 16.8 Å². The zero-order valence-electron chi connectivity index (χ0n) is 15.1. The van der Waals surface area contributed by atoms with Crippen LogP contribution in [0.25, 0.3) is 0 Å². The number of benzene rings is 3. The maximum atomic E-state index is 13.5. The molecule has 0 aromatic heterocycles. The van der Waals surface area contributed by atoms with Crippen molar-refractivity contribution in [3.8, 4) is 0 Å². The van der Waals surface area contributed by atoms with Crippen LogP contribution in [-0.4, -0.2) is 18.0 Å². The van der Waals surface area contributed by atoms with E-state index in [1.165, 1.54) is 12.3 Å². The minimum Gasteiger partial charge on any atom is -0.322 e. The Bertz CT molecular complexity index is 1050. The van der Waals surface area contributed by atoms with Gasteiger partial charge in [-0.2, -0.15) is 5.10 Å². The first-order chi connectivity index (χ1) is 13.5. The normalized spacial score (nSPS) is 10.6. The van der Waals surface area contributed by atoms with Crippen molar-refractivity contribution in [2.45, 2.75) is 6.92 Å². The number of hydrogen-bond acceptors (Lipinski definition) is 3. The van der Waals surface area contributed by atoms with Crippen LogP contribution >= 0.6 is 0 Å². The molecule has 5 nitrogen and oxygen atoms in total. The molecule has 0 radical (unpaired) electrons. The van der Waals surface area contributed by atoms with Gasteiger partial charge in [0.1, 0.15) is 5.82 Å². The molecule has 0 spiro atoms. The summed E-state index contributed by atoms with van der Waals surface area (Å²) in [7, 11) is 0. The van der Waals surface area contributed by atoms with Crippen molar-refractivity contribution in [3.05, 3.63) is 101 Å². The van der Waals surface area contributed by atoms with Gasteiger partial charge >= 0.3 is 0 Å². The van der Waals surface area contributed by atoms with Crippen LogP contribution in [0.3, 0.4) is 0 Å². The highest BCUT2D eigenvalue weighted by molar-refractivity contribution is 6.06. The minimum absolute atomic E-state index is 0.256. The predicted octanol–water partition coefficient (Wildman–Crippen LogP) is 4.15. The number of carbonyl (C=O) groups excluding carboxylic acids is 2. The molecule has 0 aliphatic heterocycles. The lowest BCUT2D eigenvalue weighted by atomic mass is 10.1. The maximum absolute atomic E-state index is 13.5. The van der Waals surface area contributed by atoms with Gasteiger partial charge in [-0.25, -0.2) is 9.82 Å². The van der Waals surface area contributed by atoms with E-state index >= 15 is 0 Å². The summed E-state index contributed by atoms with van der Waals surface area (Å²) in [5.41, 5.74) is 4.83. The second-order valence-corrected chi connectivity index (χ2v) is 6.07. The minimum atomic E-state index is -0.473. The van der Waals surface area contributed by atoms with Gasteiger partial charge in [0.2, 0.25) is 0 Å². The molecule has 0 saturated heterocycles. The van der Waals surface area contributed by atoms with Crippen molar-refractivity contribution in [1.29, 1.82) is 0 Å². The van der Waals surface area contributed by atoms with E-state index in [1.807, 2.05) is 19.1 Å². The largest absolute Gasteiger partial charge is 0.322 e. The molecular formula is C22H18FN3O2. The van der Waals surface area contributed by atoms with Gasteiger partial charge in [0, 0.05) is 22.4 Å².